The van der Waals surface area contributed by atoms with Crippen molar-refractivity contribution in [2.24, 2.45) is 5.92 Å². The van der Waals surface area contributed by atoms with Crippen LogP contribution in [0.5, 0.6) is 0 Å². The molecule has 2 heterocycles. The fraction of sp³-hybridized carbons (Fsp3) is 0.435. The topological polar surface area (TPSA) is 74.3 Å². The van der Waals surface area contributed by atoms with Gasteiger partial charge in [0.05, 0.1) is 0 Å². The van der Waals surface area contributed by atoms with Crippen LogP contribution in [0.1, 0.15) is 48.5 Å². The molecule has 1 aromatic carbocycles. The van der Waals surface area contributed by atoms with Gasteiger partial charge in [0, 0.05) is 44.4 Å². The highest BCUT2D eigenvalue weighted by Crippen LogP contribution is 2.21. The van der Waals surface area contributed by atoms with Crippen LogP contribution >= 0.6 is 0 Å². The van der Waals surface area contributed by atoms with E-state index in [2.05, 4.69) is 27.4 Å². The van der Waals surface area contributed by atoms with E-state index < -0.39 is 0 Å². The van der Waals surface area contributed by atoms with E-state index in [0.717, 1.165) is 30.4 Å². The van der Waals surface area contributed by atoms with Crippen LogP contribution in [0.15, 0.2) is 48.7 Å². The van der Waals surface area contributed by atoms with E-state index in [1.54, 1.807) is 12.1 Å². The highest BCUT2D eigenvalue weighted by molar-refractivity contribution is 5.94. The molecule has 6 nitrogen and oxygen atoms in total. The number of aromatic nitrogens is 1. The number of pyridine rings is 1. The van der Waals surface area contributed by atoms with Gasteiger partial charge >= 0.3 is 0 Å². The van der Waals surface area contributed by atoms with Gasteiger partial charge in [0.25, 0.3) is 5.91 Å². The molecular formula is C23H30N4O2. The minimum absolute atomic E-state index is 0.0203. The van der Waals surface area contributed by atoms with Gasteiger partial charge in [-0.15, -0.1) is 0 Å². The molecular weight excluding hydrogens is 364 g/mol. The third kappa shape index (κ3) is 6.59. The first-order valence-corrected chi connectivity index (χ1v) is 10.4. The molecule has 0 spiro atoms. The second-order valence-electron chi connectivity index (χ2n) is 7.70. The molecule has 154 valence electrons. The third-order valence-electron chi connectivity index (χ3n) is 5.31. The molecule has 0 unspecified atom stereocenters. The zero-order valence-electron chi connectivity index (χ0n) is 17.1. The summed E-state index contributed by atoms with van der Waals surface area (Å²) in [4.78, 5) is 30.8. The molecule has 6 heteroatoms. The number of piperidine rings is 1. The Bertz CT molecular complexity index is 784. The van der Waals surface area contributed by atoms with Crippen LogP contribution in [-0.2, 0) is 11.3 Å². The van der Waals surface area contributed by atoms with E-state index in [-0.39, 0.29) is 11.8 Å². The monoisotopic (exact) mass is 394 g/mol. The quantitative estimate of drug-likeness (QED) is 0.675. The summed E-state index contributed by atoms with van der Waals surface area (Å²) in [6.45, 7) is 5.37. The second-order valence-corrected chi connectivity index (χ2v) is 7.70. The second kappa shape index (κ2) is 10.6. The van der Waals surface area contributed by atoms with Gasteiger partial charge in [0.15, 0.2) is 0 Å². The van der Waals surface area contributed by atoms with Crippen LogP contribution in [0.3, 0.4) is 0 Å². The molecule has 0 atom stereocenters. The summed E-state index contributed by atoms with van der Waals surface area (Å²) in [6.07, 6.45) is 5.26. The van der Waals surface area contributed by atoms with E-state index in [0.29, 0.717) is 31.5 Å². The van der Waals surface area contributed by atoms with Crippen molar-refractivity contribution in [1.29, 1.82) is 0 Å². The van der Waals surface area contributed by atoms with Crippen molar-refractivity contribution in [3.05, 3.63) is 59.8 Å². The zero-order chi connectivity index (χ0) is 20.5. The highest BCUT2D eigenvalue weighted by Gasteiger charge is 2.16. The molecule has 29 heavy (non-hydrogen) atoms. The van der Waals surface area contributed by atoms with Crippen LogP contribution in [0.2, 0.25) is 0 Å². The number of hydrogen-bond donors (Lipinski definition) is 2. The van der Waals surface area contributed by atoms with Crippen molar-refractivity contribution in [1.82, 2.24) is 15.6 Å². The van der Waals surface area contributed by atoms with Gasteiger partial charge in [-0.1, -0.05) is 31.2 Å². The number of rotatable bonds is 8. The average molecular weight is 395 g/mol. The number of carbonyl (C=O) groups is 2. The molecule has 1 aliphatic heterocycles. The maximum atomic E-state index is 12.0. The van der Waals surface area contributed by atoms with E-state index in [1.165, 1.54) is 12.8 Å². The van der Waals surface area contributed by atoms with Gasteiger partial charge in [-0.25, -0.2) is 4.98 Å². The average Bonchev–Trinajstić information content (AvgIpc) is 2.76. The minimum atomic E-state index is -0.111. The summed E-state index contributed by atoms with van der Waals surface area (Å²) in [6, 6.07) is 13.1. The van der Waals surface area contributed by atoms with E-state index in [9.17, 15) is 9.59 Å². The van der Waals surface area contributed by atoms with Gasteiger partial charge in [-0.3, -0.25) is 9.59 Å². The van der Waals surface area contributed by atoms with Crippen molar-refractivity contribution in [3.8, 4) is 0 Å². The van der Waals surface area contributed by atoms with E-state index in [1.807, 2.05) is 36.5 Å². The molecule has 0 saturated carbocycles. The third-order valence-corrected chi connectivity index (χ3v) is 5.31. The number of nitrogens with zero attached hydrogens (tertiary/aromatic N) is 2. The van der Waals surface area contributed by atoms with Crippen molar-refractivity contribution < 1.29 is 9.59 Å². The lowest BCUT2D eigenvalue weighted by atomic mass is 9.99. The molecule has 0 bridgehead atoms. The number of nitrogens with one attached hydrogen (secondary N) is 2. The lowest BCUT2D eigenvalue weighted by Crippen LogP contribution is -2.33. The molecule has 2 N–H and O–H groups in total. The Balaban J connectivity index is 1.32. The molecule has 1 aromatic heterocycles. The largest absolute Gasteiger partial charge is 0.357 e. The molecule has 1 saturated heterocycles. The Morgan fingerprint density at radius 3 is 2.52 bits per heavy atom. The van der Waals surface area contributed by atoms with Crippen LogP contribution in [0.25, 0.3) is 0 Å². The van der Waals surface area contributed by atoms with Crippen LogP contribution < -0.4 is 15.5 Å². The normalized spacial score (nSPS) is 14.4. The van der Waals surface area contributed by atoms with Gasteiger partial charge < -0.3 is 15.5 Å². The number of hydrogen-bond acceptors (Lipinski definition) is 4. The number of anilines is 1. The zero-order valence-corrected chi connectivity index (χ0v) is 17.1. The maximum absolute atomic E-state index is 12.0. The minimum Gasteiger partial charge on any atom is -0.357 e. The molecule has 0 radical (unpaired) electrons. The summed E-state index contributed by atoms with van der Waals surface area (Å²) in [7, 11) is 0. The Morgan fingerprint density at radius 1 is 1.07 bits per heavy atom. The van der Waals surface area contributed by atoms with Gasteiger partial charge in [0.2, 0.25) is 5.91 Å². The van der Waals surface area contributed by atoms with Crippen molar-refractivity contribution >= 4 is 17.6 Å². The first-order valence-electron chi connectivity index (χ1n) is 10.4. The lowest BCUT2D eigenvalue weighted by molar-refractivity contribution is -0.121. The SMILES string of the molecule is CC1CCN(c2ccc(CNC(=O)CCCNC(=O)c3ccccc3)cn2)CC1. The fourth-order valence-corrected chi connectivity index (χ4v) is 3.38. The van der Waals surface area contributed by atoms with Gasteiger partial charge in [-0.05, 0) is 48.9 Å². The van der Waals surface area contributed by atoms with Gasteiger partial charge in [0.1, 0.15) is 5.82 Å². The summed E-state index contributed by atoms with van der Waals surface area (Å²) < 4.78 is 0. The standard InChI is InChI=1S/C23H30N4O2/c1-18-11-14-27(15-12-18)21-10-9-19(16-25-21)17-26-22(28)8-5-13-24-23(29)20-6-3-2-4-7-20/h2-4,6-7,9-10,16,18H,5,8,11-15,17H2,1H3,(H,24,29)(H,26,28). The Labute approximate surface area is 172 Å². The number of benzene rings is 1. The molecule has 1 fully saturated rings. The summed E-state index contributed by atoms with van der Waals surface area (Å²) in [5.74, 6) is 1.68. The summed E-state index contributed by atoms with van der Waals surface area (Å²) >= 11 is 0. The van der Waals surface area contributed by atoms with Crippen LogP contribution in [0, 0.1) is 5.92 Å². The first-order chi connectivity index (χ1) is 14.1. The molecule has 3 rings (SSSR count). The number of amides is 2. The Morgan fingerprint density at radius 2 is 1.83 bits per heavy atom. The van der Waals surface area contributed by atoms with Crippen LogP contribution in [-0.4, -0.2) is 36.4 Å². The molecule has 1 aliphatic rings. The first kappa shape index (κ1) is 20.8. The highest BCUT2D eigenvalue weighted by atomic mass is 16.2. The molecule has 2 aromatic rings. The maximum Gasteiger partial charge on any atom is 0.251 e. The van der Waals surface area contributed by atoms with Crippen LogP contribution in [0.4, 0.5) is 5.82 Å². The lowest BCUT2D eigenvalue weighted by Gasteiger charge is -2.31. The smallest absolute Gasteiger partial charge is 0.251 e. The Hall–Kier alpha value is -2.89. The van der Waals surface area contributed by atoms with Crippen molar-refractivity contribution in [2.45, 2.75) is 39.2 Å². The van der Waals surface area contributed by atoms with E-state index >= 15 is 0 Å². The fourth-order valence-electron chi connectivity index (χ4n) is 3.38. The van der Waals surface area contributed by atoms with E-state index in [4.69, 9.17) is 0 Å². The predicted molar refractivity (Wildman–Crippen MR) is 115 cm³/mol. The van der Waals surface area contributed by atoms with Gasteiger partial charge in [-0.2, -0.15) is 0 Å². The summed E-state index contributed by atoms with van der Waals surface area (Å²) in [5.41, 5.74) is 1.62. The van der Waals surface area contributed by atoms with Crippen molar-refractivity contribution in [3.63, 3.8) is 0 Å². The van der Waals surface area contributed by atoms with Crippen molar-refractivity contribution in [2.75, 3.05) is 24.5 Å². The Kier molecular flexibility index (Phi) is 7.61. The summed E-state index contributed by atoms with van der Waals surface area (Å²) in [5, 5.41) is 5.75. The number of carbonyl (C=O) groups excluding carboxylic acids is 2. The predicted octanol–water partition coefficient (Wildman–Crippen LogP) is 3.14. The molecule has 0 aliphatic carbocycles. The molecule has 2 amide bonds.